The van der Waals surface area contributed by atoms with Gasteiger partial charge >= 0.3 is 5.63 Å². The van der Waals surface area contributed by atoms with E-state index >= 15 is 0 Å². The number of hydrogen-bond donors (Lipinski definition) is 0. The van der Waals surface area contributed by atoms with Gasteiger partial charge < -0.3 is 9.32 Å². The van der Waals surface area contributed by atoms with Crippen molar-refractivity contribution in [2.45, 2.75) is 13.8 Å². The standard InChI is InChI=1S/C13H14INO2/c1-3-15(4-2)11-8-12-9(7-10(11)14)5-6-13(16)17-12/h5-8H,3-4H2,1-2H3. The lowest BCUT2D eigenvalue weighted by Crippen LogP contribution is -2.22. The third kappa shape index (κ3) is 2.46. The Bertz CT molecular complexity index is 587. The van der Waals surface area contributed by atoms with Gasteiger partial charge in [-0.25, -0.2) is 4.79 Å². The summed E-state index contributed by atoms with van der Waals surface area (Å²) in [7, 11) is 0. The van der Waals surface area contributed by atoms with Crippen LogP contribution in [0.15, 0.2) is 33.5 Å². The van der Waals surface area contributed by atoms with E-state index in [1.807, 2.05) is 12.1 Å². The Morgan fingerprint density at radius 1 is 1.24 bits per heavy atom. The summed E-state index contributed by atoms with van der Waals surface area (Å²) in [5.74, 6) is 0. The Morgan fingerprint density at radius 3 is 2.59 bits per heavy atom. The fourth-order valence-corrected chi connectivity index (χ4v) is 2.72. The SMILES string of the molecule is CCN(CC)c1cc2oc(=O)ccc2cc1I. The van der Waals surface area contributed by atoms with Crippen LogP contribution in [0.5, 0.6) is 0 Å². The van der Waals surface area contributed by atoms with Crippen LogP contribution < -0.4 is 10.5 Å². The summed E-state index contributed by atoms with van der Waals surface area (Å²) in [5, 5.41) is 0.963. The molecule has 0 fully saturated rings. The van der Waals surface area contributed by atoms with Crippen molar-refractivity contribution in [3.63, 3.8) is 0 Å². The molecule has 0 aliphatic heterocycles. The molecule has 0 saturated carbocycles. The minimum absolute atomic E-state index is 0.302. The molecule has 2 rings (SSSR count). The van der Waals surface area contributed by atoms with Crippen molar-refractivity contribution < 1.29 is 4.42 Å². The Hall–Kier alpha value is -1.04. The van der Waals surface area contributed by atoms with Gasteiger partial charge in [0.1, 0.15) is 5.58 Å². The predicted molar refractivity (Wildman–Crippen MR) is 78.8 cm³/mol. The average molecular weight is 343 g/mol. The van der Waals surface area contributed by atoms with E-state index in [-0.39, 0.29) is 5.63 Å². The highest BCUT2D eigenvalue weighted by molar-refractivity contribution is 14.1. The molecule has 3 nitrogen and oxygen atoms in total. The van der Waals surface area contributed by atoms with Crippen LogP contribution in [0.2, 0.25) is 0 Å². The molecular formula is C13H14INO2. The van der Waals surface area contributed by atoms with Crippen molar-refractivity contribution >= 4 is 39.2 Å². The van der Waals surface area contributed by atoms with Crippen molar-refractivity contribution in [3.8, 4) is 0 Å². The highest BCUT2D eigenvalue weighted by Gasteiger charge is 2.09. The lowest BCUT2D eigenvalue weighted by atomic mass is 10.2. The van der Waals surface area contributed by atoms with Crippen LogP contribution in [0, 0.1) is 3.57 Å². The second-order valence-electron chi connectivity index (χ2n) is 3.77. The lowest BCUT2D eigenvalue weighted by Gasteiger charge is -2.22. The van der Waals surface area contributed by atoms with Crippen LogP contribution in [0.1, 0.15) is 13.8 Å². The zero-order chi connectivity index (χ0) is 12.4. The summed E-state index contributed by atoms with van der Waals surface area (Å²) < 4.78 is 6.38. The van der Waals surface area contributed by atoms with E-state index in [1.54, 1.807) is 6.07 Å². The number of hydrogen-bond acceptors (Lipinski definition) is 3. The maximum atomic E-state index is 11.2. The van der Waals surface area contributed by atoms with Crippen LogP contribution in [0.3, 0.4) is 0 Å². The van der Waals surface area contributed by atoms with E-state index in [4.69, 9.17) is 4.42 Å². The Kier molecular flexibility index (Phi) is 3.71. The Balaban J connectivity index is 2.64. The Labute approximate surface area is 114 Å². The maximum Gasteiger partial charge on any atom is 0.336 e. The van der Waals surface area contributed by atoms with Gasteiger partial charge in [0.15, 0.2) is 0 Å². The highest BCUT2D eigenvalue weighted by Crippen LogP contribution is 2.27. The second-order valence-corrected chi connectivity index (χ2v) is 4.93. The second kappa shape index (κ2) is 5.08. The van der Waals surface area contributed by atoms with Gasteiger partial charge in [0.25, 0.3) is 0 Å². The molecule has 0 spiro atoms. The molecule has 1 aromatic carbocycles. The molecule has 0 aliphatic carbocycles. The summed E-state index contributed by atoms with van der Waals surface area (Å²) in [5.41, 5.74) is 1.47. The molecule has 0 radical (unpaired) electrons. The molecular weight excluding hydrogens is 329 g/mol. The molecule has 90 valence electrons. The minimum atomic E-state index is -0.302. The highest BCUT2D eigenvalue weighted by atomic mass is 127. The number of halogens is 1. The molecule has 0 saturated heterocycles. The lowest BCUT2D eigenvalue weighted by molar-refractivity contribution is 0.561. The van der Waals surface area contributed by atoms with E-state index in [0.29, 0.717) is 5.58 Å². The fourth-order valence-electron chi connectivity index (χ4n) is 1.88. The summed E-state index contributed by atoms with van der Waals surface area (Å²) in [6.07, 6.45) is 0. The molecule has 0 unspecified atom stereocenters. The summed E-state index contributed by atoms with van der Waals surface area (Å²) >= 11 is 2.32. The van der Waals surface area contributed by atoms with Gasteiger partial charge in [-0.15, -0.1) is 0 Å². The zero-order valence-electron chi connectivity index (χ0n) is 9.87. The van der Waals surface area contributed by atoms with Crippen molar-refractivity contribution in [2.24, 2.45) is 0 Å². The molecule has 4 heteroatoms. The molecule has 0 aliphatic rings. The van der Waals surface area contributed by atoms with Crippen LogP contribution in [0.4, 0.5) is 5.69 Å². The van der Waals surface area contributed by atoms with Crippen LogP contribution in [-0.4, -0.2) is 13.1 Å². The molecule has 0 bridgehead atoms. The van der Waals surface area contributed by atoms with Gasteiger partial charge in [0, 0.05) is 34.2 Å². The van der Waals surface area contributed by atoms with Crippen LogP contribution >= 0.6 is 22.6 Å². The summed E-state index contributed by atoms with van der Waals surface area (Å²) in [4.78, 5) is 13.5. The molecule has 1 aromatic heterocycles. The number of rotatable bonds is 3. The van der Waals surface area contributed by atoms with E-state index < -0.39 is 0 Å². The van der Waals surface area contributed by atoms with Crippen molar-refractivity contribution in [3.05, 3.63) is 38.3 Å². The summed E-state index contributed by atoms with van der Waals surface area (Å²) in [6.45, 7) is 6.11. The van der Waals surface area contributed by atoms with Gasteiger partial charge in [-0.05, 0) is 48.6 Å². The molecule has 2 aromatic rings. The predicted octanol–water partition coefficient (Wildman–Crippen LogP) is 3.24. The van der Waals surface area contributed by atoms with E-state index in [0.717, 1.165) is 24.2 Å². The number of fused-ring (bicyclic) bond motifs is 1. The first-order chi connectivity index (χ1) is 8.15. The monoisotopic (exact) mass is 343 g/mol. The molecule has 17 heavy (non-hydrogen) atoms. The van der Waals surface area contributed by atoms with E-state index in [9.17, 15) is 4.79 Å². The maximum absolute atomic E-state index is 11.2. The molecule has 1 heterocycles. The number of anilines is 1. The number of nitrogens with zero attached hydrogens (tertiary/aromatic N) is 1. The fraction of sp³-hybridized carbons (Fsp3) is 0.308. The van der Waals surface area contributed by atoms with Crippen molar-refractivity contribution in [1.29, 1.82) is 0 Å². The molecule has 0 atom stereocenters. The van der Waals surface area contributed by atoms with Crippen LogP contribution in [0.25, 0.3) is 11.0 Å². The van der Waals surface area contributed by atoms with Crippen LogP contribution in [-0.2, 0) is 0 Å². The first kappa shape index (κ1) is 12.4. The van der Waals surface area contributed by atoms with Gasteiger partial charge in [0.2, 0.25) is 0 Å². The summed E-state index contributed by atoms with van der Waals surface area (Å²) in [6, 6.07) is 7.25. The first-order valence-electron chi connectivity index (χ1n) is 5.64. The van der Waals surface area contributed by atoms with Gasteiger partial charge in [-0.1, -0.05) is 0 Å². The first-order valence-corrected chi connectivity index (χ1v) is 6.72. The smallest absolute Gasteiger partial charge is 0.336 e. The van der Waals surface area contributed by atoms with E-state index in [1.165, 1.54) is 9.64 Å². The molecule has 0 amide bonds. The number of benzene rings is 1. The Morgan fingerprint density at radius 2 is 1.94 bits per heavy atom. The van der Waals surface area contributed by atoms with Gasteiger partial charge in [0.05, 0.1) is 5.69 Å². The van der Waals surface area contributed by atoms with Gasteiger partial charge in [-0.2, -0.15) is 0 Å². The normalized spacial score (nSPS) is 10.8. The van der Waals surface area contributed by atoms with Crippen molar-refractivity contribution in [2.75, 3.05) is 18.0 Å². The quantitative estimate of drug-likeness (QED) is 0.634. The average Bonchev–Trinajstić information content (AvgIpc) is 2.32. The third-order valence-corrected chi connectivity index (χ3v) is 3.66. The topological polar surface area (TPSA) is 33.5 Å². The largest absolute Gasteiger partial charge is 0.423 e. The van der Waals surface area contributed by atoms with Gasteiger partial charge in [-0.3, -0.25) is 0 Å². The zero-order valence-corrected chi connectivity index (χ0v) is 12.0. The molecule has 0 N–H and O–H groups in total. The minimum Gasteiger partial charge on any atom is -0.423 e. The third-order valence-electron chi connectivity index (χ3n) is 2.79. The van der Waals surface area contributed by atoms with Crippen molar-refractivity contribution in [1.82, 2.24) is 0 Å². The van der Waals surface area contributed by atoms with E-state index in [2.05, 4.69) is 41.3 Å².